The summed E-state index contributed by atoms with van der Waals surface area (Å²) in [5, 5.41) is 1.14. The molecule has 1 aromatic carbocycles. The zero-order chi connectivity index (χ0) is 13.1. The molecule has 2 N–H and O–H groups in total. The lowest BCUT2D eigenvalue weighted by Gasteiger charge is -2.31. The second kappa shape index (κ2) is 5.25. The van der Waals surface area contributed by atoms with Gasteiger partial charge >= 0.3 is 0 Å². The van der Waals surface area contributed by atoms with Gasteiger partial charge in [0.1, 0.15) is 0 Å². The number of nitrogen functional groups attached to an aromatic ring is 1. The van der Waals surface area contributed by atoms with Crippen molar-refractivity contribution in [3.63, 3.8) is 0 Å². The molecule has 0 amide bonds. The fraction of sp³-hybridized carbons (Fsp3) is 0.400. The summed E-state index contributed by atoms with van der Waals surface area (Å²) < 4.78 is 0. The minimum atomic E-state index is 0.475. The average Bonchev–Trinajstić information content (AvgIpc) is 2.41. The molecule has 0 aliphatic heterocycles. The highest BCUT2D eigenvalue weighted by molar-refractivity contribution is 5.97. The van der Waals surface area contributed by atoms with Crippen LogP contribution in [0.15, 0.2) is 30.5 Å². The van der Waals surface area contributed by atoms with Gasteiger partial charge in [0.05, 0.1) is 23.1 Å². The van der Waals surface area contributed by atoms with Crippen LogP contribution in [-0.2, 0) is 0 Å². The van der Waals surface area contributed by atoms with Gasteiger partial charge in [-0.25, -0.2) is 0 Å². The van der Waals surface area contributed by atoms with Gasteiger partial charge in [-0.3, -0.25) is 4.98 Å². The minimum Gasteiger partial charge on any atom is -0.396 e. The number of nitrogens with zero attached hydrogens (tertiary/aromatic N) is 2. The molecule has 0 aliphatic carbocycles. The number of rotatable bonds is 4. The van der Waals surface area contributed by atoms with Gasteiger partial charge < -0.3 is 10.6 Å². The molecule has 96 valence electrons. The summed E-state index contributed by atoms with van der Waals surface area (Å²) in [5.41, 5.74) is 9.04. The van der Waals surface area contributed by atoms with Gasteiger partial charge in [0.2, 0.25) is 0 Å². The molecule has 0 spiro atoms. The third kappa shape index (κ3) is 2.13. The molecule has 0 saturated heterocycles. The van der Waals surface area contributed by atoms with Gasteiger partial charge in [-0.2, -0.15) is 0 Å². The molecule has 1 aromatic heterocycles. The Morgan fingerprint density at radius 1 is 1.28 bits per heavy atom. The van der Waals surface area contributed by atoms with Crippen molar-refractivity contribution in [1.29, 1.82) is 0 Å². The van der Waals surface area contributed by atoms with Crippen LogP contribution in [0.5, 0.6) is 0 Å². The lowest BCUT2D eigenvalue weighted by Crippen LogP contribution is -2.33. The monoisotopic (exact) mass is 243 g/mol. The van der Waals surface area contributed by atoms with Crippen LogP contribution in [0.3, 0.4) is 0 Å². The second-order valence-electron chi connectivity index (χ2n) is 4.62. The quantitative estimate of drug-likeness (QED) is 0.894. The van der Waals surface area contributed by atoms with Crippen LogP contribution in [-0.4, -0.2) is 17.6 Å². The van der Waals surface area contributed by atoms with Gasteiger partial charge in [-0.05, 0) is 26.3 Å². The SMILES string of the molecule is CCC(C)N(CC)c1c(N)cnc2ccccc12. The van der Waals surface area contributed by atoms with E-state index in [0.29, 0.717) is 6.04 Å². The van der Waals surface area contributed by atoms with Crippen LogP contribution in [0.2, 0.25) is 0 Å². The normalized spacial score (nSPS) is 12.6. The van der Waals surface area contributed by atoms with Crippen LogP contribution in [0, 0.1) is 0 Å². The van der Waals surface area contributed by atoms with Crippen LogP contribution < -0.4 is 10.6 Å². The van der Waals surface area contributed by atoms with E-state index < -0.39 is 0 Å². The first kappa shape index (κ1) is 12.7. The number of benzene rings is 1. The van der Waals surface area contributed by atoms with Crippen molar-refractivity contribution in [2.75, 3.05) is 17.2 Å². The number of para-hydroxylation sites is 1. The molecule has 0 saturated carbocycles. The molecule has 1 heterocycles. The van der Waals surface area contributed by atoms with Crippen LogP contribution in [0.1, 0.15) is 27.2 Å². The first-order valence-corrected chi connectivity index (χ1v) is 6.58. The smallest absolute Gasteiger partial charge is 0.0745 e. The fourth-order valence-corrected chi connectivity index (χ4v) is 2.37. The zero-order valence-corrected chi connectivity index (χ0v) is 11.4. The third-order valence-corrected chi connectivity index (χ3v) is 3.53. The van der Waals surface area contributed by atoms with Crippen molar-refractivity contribution in [2.45, 2.75) is 33.2 Å². The average molecular weight is 243 g/mol. The van der Waals surface area contributed by atoms with Gasteiger partial charge in [0, 0.05) is 18.0 Å². The molecular formula is C15H21N3. The Hall–Kier alpha value is -1.77. The summed E-state index contributed by atoms with van der Waals surface area (Å²) in [6.07, 6.45) is 2.87. The first-order valence-electron chi connectivity index (χ1n) is 6.58. The van der Waals surface area contributed by atoms with E-state index in [1.807, 2.05) is 18.2 Å². The Kier molecular flexibility index (Phi) is 3.70. The Morgan fingerprint density at radius 2 is 2.00 bits per heavy atom. The molecule has 0 bridgehead atoms. The molecular weight excluding hydrogens is 222 g/mol. The highest BCUT2D eigenvalue weighted by Gasteiger charge is 2.16. The van der Waals surface area contributed by atoms with E-state index in [2.05, 4.69) is 36.7 Å². The van der Waals surface area contributed by atoms with Crippen molar-refractivity contribution >= 4 is 22.3 Å². The molecule has 3 nitrogen and oxygen atoms in total. The Bertz CT molecular complexity index is 536. The molecule has 1 unspecified atom stereocenters. The number of anilines is 2. The number of nitrogens with two attached hydrogens (primary N) is 1. The second-order valence-corrected chi connectivity index (χ2v) is 4.62. The molecule has 0 fully saturated rings. The maximum Gasteiger partial charge on any atom is 0.0745 e. The third-order valence-electron chi connectivity index (χ3n) is 3.53. The van der Waals surface area contributed by atoms with Crippen molar-refractivity contribution in [3.05, 3.63) is 30.5 Å². The molecule has 2 rings (SSSR count). The Morgan fingerprint density at radius 3 is 2.67 bits per heavy atom. The number of hydrogen-bond acceptors (Lipinski definition) is 3. The summed E-state index contributed by atoms with van der Waals surface area (Å²) in [7, 11) is 0. The number of pyridine rings is 1. The highest BCUT2D eigenvalue weighted by Crippen LogP contribution is 2.32. The summed E-state index contributed by atoms with van der Waals surface area (Å²) in [6, 6.07) is 8.65. The predicted molar refractivity (Wildman–Crippen MR) is 78.9 cm³/mol. The van der Waals surface area contributed by atoms with E-state index in [-0.39, 0.29) is 0 Å². The van der Waals surface area contributed by atoms with Gasteiger partial charge in [0.25, 0.3) is 0 Å². The summed E-state index contributed by atoms with van der Waals surface area (Å²) in [5.74, 6) is 0. The van der Waals surface area contributed by atoms with E-state index >= 15 is 0 Å². The molecule has 0 aliphatic rings. The van der Waals surface area contributed by atoms with Gasteiger partial charge in [-0.15, -0.1) is 0 Å². The van der Waals surface area contributed by atoms with Crippen molar-refractivity contribution in [1.82, 2.24) is 4.98 Å². The summed E-state index contributed by atoms with van der Waals surface area (Å²) >= 11 is 0. The van der Waals surface area contributed by atoms with Crippen molar-refractivity contribution in [2.24, 2.45) is 0 Å². The lowest BCUT2D eigenvalue weighted by molar-refractivity contribution is 0.632. The maximum atomic E-state index is 6.15. The minimum absolute atomic E-state index is 0.475. The predicted octanol–water partition coefficient (Wildman–Crippen LogP) is 3.44. The van der Waals surface area contributed by atoms with Crippen LogP contribution in [0.25, 0.3) is 10.9 Å². The van der Waals surface area contributed by atoms with Gasteiger partial charge in [0.15, 0.2) is 0 Å². The molecule has 2 aromatic rings. The fourth-order valence-electron chi connectivity index (χ4n) is 2.37. The molecule has 3 heteroatoms. The van der Waals surface area contributed by atoms with E-state index in [1.54, 1.807) is 6.20 Å². The van der Waals surface area contributed by atoms with E-state index in [1.165, 1.54) is 0 Å². The highest BCUT2D eigenvalue weighted by atomic mass is 15.2. The van der Waals surface area contributed by atoms with E-state index in [0.717, 1.165) is 35.2 Å². The van der Waals surface area contributed by atoms with Crippen molar-refractivity contribution < 1.29 is 0 Å². The summed E-state index contributed by atoms with van der Waals surface area (Å²) in [4.78, 5) is 6.75. The number of hydrogen-bond donors (Lipinski definition) is 1. The van der Waals surface area contributed by atoms with Crippen LogP contribution in [0.4, 0.5) is 11.4 Å². The van der Waals surface area contributed by atoms with Crippen LogP contribution >= 0.6 is 0 Å². The first-order chi connectivity index (χ1) is 8.69. The van der Waals surface area contributed by atoms with E-state index in [4.69, 9.17) is 5.73 Å². The molecule has 1 atom stereocenters. The van der Waals surface area contributed by atoms with Crippen molar-refractivity contribution in [3.8, 4) is 0 Å². The topological polar surface area (TPSA) is 42.1 Å². The number of fused-ring (bicyclic) bond motifs is 1. The standard InChI is InChI=1S/C15H21N3/c1-4-11(3)18(5-2)15-12-8-6-7-9-14(12)17-10-13(15)16/h6-11H,4-5,16H2,1-3H3. The Balaban J connectivity index is 2.64. The number of aromatic nitrogens is 1. The lowest BCUT2D eigenvalue weighted by atomic mass is 10.1. The Labute approximate surface area is 109 Å². The zero-order valence-electron chi connectivity index (χ0n) is 11.4. The molecule has 18 heavy (non-hydrogen) atoms. The molecule has 0 radical (unpaired) electrons. The maximum absolute atomic E-state index is 6.15. The largest absolute Gasteiger partial charge is 0.396 e. The summed E-state index contributed by atoms with van der Waals surface area (Å²) in [6.45, 7) is 7.55. The van der Waals surface area contributed by atoms with Gasteiger partial charge in [-0.1, -0.05) is 25.1 Å². The van der Waals surface area contributed by atoms with E-state index in [9.17, 15) is 0 Å².